The fourth-order valence-corrected chi connectivity index (χ4v) is 2.08. The number of halogens is 2. The summed E-state index contributed by atoms with van der Waals surface area (Å²) in [7, 11) is 1.29. The number of benzene rings is 2. The van der Waals surface area contributed by atoms with Crippen molar-refractivity contribution < 1.29 is 13.9 Å². The second kappa shape index (κ2) is 6.39. The molecule has 1 atom stereocenters. The summed E-state index contributed by atoms with van der Waals surface area (Å²) < 4.78 is 18.0. The van der Waals surface area contributed by atoms with Gasteiger partial charge in [0.2, 0.25) is 0 Å². The van der Waals surface area contributed by atoms with Crippen LogP contribution in [0.3, 0.4) is 0 Å². The van der Waals surface area contributed by atoms with Gasteiger partial charge in [-0.25, -0.2) is 9.18 Å². The summed E-state index contributed by atoms with van der Waals surface area (Å²) in [4.78, 5) is 11.9. The Hall–Kier alpha value is -2.07. The molecule has 2 rings (SSSR count). The molecule has 1 unspecified atom stereocenters. The van der Waals surface area contributed by atoms with Gasteiger partial charge in [0.15, 0.2) is 6.04 Å². The summed E-state index contributed by atoms with van der Waals surface area (Å²) in [5.41, 5.74) is 1.05. The standard InChI is InChI=1S/C15H13ClFNO2/c1-20-15(19)14(12-7-2-3-8-13(12)16)18-11-6-4-5-10(17)9-11/h2-9,14,18H,1H3. The van der Waals surface area contributed by atoms with Crippen molar-refractivity contribution in [3.63, 3.8) is 0 Å². The van der Waals surface area contributed by atoms with Gasteiger partial charge < -0.3 is 10.1 Å². The van der Waals surface area contributed by atoms with Gasteiger partial charge in [0.1, 0.15) is 5.82 Å². The SMILES string of the molecule is COC(=O)C(Nc1cccc(F)c1)c1ccccc1Cl. The first kappa shape index (κ1) is 14.3. The number of hydrogen-bond acceptors (Lipinski definition) is 3. The molecule has 0 amide bonds. The van der Waals surface area contributed by atoms with Crippen molar-refractivity contribution in [1.29, 1.82) is 0 Å². The number of methoxy groups -OCH3 is 1. The lowest BCUT2D eigenvalue weighted by atomic mass is 10.1. The normalized spacial score (nSPS) is 11.8. The molecule has 1 N–H and O–H groups in total. The van der Waals surface area contributed by atoms with Crippen molar-refractivity contribution in [1.82, 2.24) is 0 Å². The molecule has 0 aliphatic heterocycles. The molecule has 2 aromatic carbocycles. The highest BCUT2D eigenvalue weighted by molar-refractivity contribution is 6.31. The lowest BCUT2D eigenvalue weighted by Crippen LogP contribution is -2.22. The molecule has 5 heteroatoms. The fraction of sp³-hybridized carbons (Fsp3) is 0.133. The van der Waals surface area contributed by atoms with Crippen LogP contribution in [-0.4, -0.2) is 13.1 Å². The fourth-order valence-electron chi connectivity index (χ4n) is 1.84. The number of carbonyl (C=O) groups excluding carboxylic acids is 1. The Morgan fingerprint density at radius 2 is 2.00 bits per heavy atom. The number of rotatable bonds is 4. The average molecular weight is 294 g/mol. The maximum Gasteiger partial charge on any atom is 0.333 e. The molecule has 0 saturated carbocycles. The van der Waals surface area contributed by atoms with Crippen molar-refractivity contribution >= 4 is 23.3 Å². The molecule has 2 aromatic rings. The molecule has 104 valence electrons. The van der Waals surface area contributed by atoms with Crippen molar-refractivity contribution in [2.45, 2.75) is 6.04 Å². The van der Waals surface area contributed by atoms with Gasteiger partial charge in [-0.3, -0.25) is 0 Å². The molecule has 0 fully saturated rings. The Morgan fingerprint density at radius 3 is 2.65 bits per heavy atom. The van der Waals surface area contributed by atoms with Crippen LogP contribution in [0.15, 0.2) is 48.5 Å². The number of nitrogens with one attached hydrogen (secondary N) is 1. The van der Waals surface area contributed by atoms with E-state index >= 15 is 0 Å². The van der Waals surface area contributed by atoms with Crippen molar-refractivity contribution in [2.75, 3.05) is 12.4 Å². The van der Waals surface area contributed by atoms with Crippen LogP contribution in [0.25, 0.3) is 0 Å². The van der Waals surface area contributed by atoms with Crippen LogP contribution in [0.5, 0.6) is 0 Å². The molecular formula is C15H13ClFNO2. The minimum absolute atomic E-state index is 0.391. The van der Waals surface area contributed by atoms with E-state index in [1.165, 1.54) is 19.2 Å². The third kappa shape index (κ3) is 3.27. The number of ether oxygens (including phenoxy) is 1. The predicted octanol–water partition coefficient (Wildman–Crippen LogP) is 3.81. The summed E-state index contributed by atoms with van der Waals surface area (Å²) in [5.74, 6) is -0.889. The van der Waals surface area contributed by atoms with Gasteiger partial charge in [0.25, 0.3) is 0 Å². The molecule has 0 aliphatic carbocycles. The number of esters is 1. The predicted molar refractivity (Wildman–Crippen MR) is 76.2 cm³/mol. The topological polar surface area (TPSA) is 38.3 Å². The largest absolute Gasteiger partial charge is 0.467 e. The van der Waals surface area contributed by atoms with Crippen LogP contribution in [0.4, 0.5) is 10.1 Å². The van der Waals surface area contributed by atoms with Crippen LogP contribution >= 0.6 is 11.6 Å². The average Bonchev–Trinajstić information content (AvgIpc) is 2.45. The van der Waals surface area contributed by atoms with E-state index in [9.17, 15) is 9.18 Å². The van der Waals surface area contributed by atoms with E-state index in [4.69, 9.17) is 16.3 Å². The Kier molecular flexibility index (Phi) is 4.58. The van der Waals surface area contributed by atoms with Gasteiger partial charge in [-0.05, 0) is 24.3 Å². The van der Waals surface area contributed by atoms with E-state index in [1.54, 1.807) is 36.4 Å². The second-order valence-corrected chi connectivity index (χ2v) is 4.54. The van der Waals surface area contributed by atoms with Crippen LogP contribution in [0, 0.1) is 5.82 Å². The van der Waals surface area contributed by atoms with Gasteiger partial charge in [-0.2, -0.15) is 0 Å². The first-order valence-corrected chi connectivity index (χ1v) is 6.34. The summed E-state index contributed by atoms with van der Waals surface area (Å²) in [6.45, 7) is 0. The van der Waals surface area contributed by atoms with Gasteiger partial charge >= 0.3 is 5.97 Å². The van der Waals surface area contributed by atoms with Crippen LogP contribution < -0.4 is 5.32 Å². The van der Waals surface area contributed by atoms with Crippen molar-refractivity contribution in [3.8, 4) is 0 Å². The van der Waals surface area contributed by atoms with E-state index in [-0.39, 0.29) is 0 Å². The molecule has 0 aromatic heterocycles. The summed E-state index contributed by atoms with van der Waals surface area (Å²) in [5, 5.41) is 3.37. The molecule has 0 heterocycles. The molecule has 0 bridgehead atoms. The first-order valence-electron chi connectivity index (χ1n) is 5.96. The van der Waals surface area contributed by atoms with E-state index in [0.717, 1.165) is 0 Å². The molecule has 20 heavy (non-hydrogen) atoms. The van der Waals surface area contributed by atoms with E-state index in [1.807, 2.05) is 0 Å². The Morgan fingerprint density at radius 1 is 1.25 bits per heavy atom. The maximum absolute atomic E-state index is 13.2. The number of anilines is 1. The molecule has 0 aliphatic rings. The van der Waals surface area contributed by atoms with Gasteiger partial charge in [-0.1, -0.05) is 35.9 Å². The summed E-state index contributed by atoms with van der Waals surface area (Å²) in [6, 6.07) is 12.0. The summed E-state index contributed by atoms with van der Waals surface area (Å²) >= 11 is 6.10. The Balaban J connectivity index is 2.34. The van der Waals surface area contributed by atoms with Gasteiger partial charge in [-0.15, -0.1) is 0 Å². The number of carbonyl (C=O) groups is 1. The molecule has 0 radical (unpaired) electrons. The molecular weight excluding hydrogens is 281 g/mol. The van der Waals surface area contributed by atoms with E-state index in [2.05, 4.69) is 5.32 Å². The van der Waals surface area contributed by atoms with Crippen molar-refractivity contribution in [2.24, 2.45) is 0 Å². The lowest BCUT2D eigenvalue weighted by molar-refractivity contribution is -0.141. The highest BCUT2D eigenvalue weighted by atomic mass is 35.5. The third-order valence-electron chi connectivity index (χ3n) is 2.79. The lowest BCUT2D eigenvalue weighted by Gasteiger charge is -2.19. The highest BCUT2D eigenvalue weighted by Gasteiger charge is 2.23. The smallest absolute Gasteiger partial charge is 0.333 e. The quantitative estimate of drug-likeness (QED) is 0.871. The zero-order valence-corrected chi connectivity index (χ0v) is 11.5. The zero-order valence-electron chi connectivity index (χ0n) is 10.8. The van der Waals surface area contributed by atoms with Gasteiger partial charge in [0, 0.05) is 16.3 Å². The molecule has 0 spiro atoms. The van der Waals surface area contributed by atoms with Crippen LogP contribution in [-0.2, 0) is 9.53 Å². The minimum Gasteiger partial charge on any atom is -0.467 e. The monoisotopic (exact) mass is 293 g/mol. The molecule has 3 nitrogen and oxygen atoms in total. The zero-order chi connectivity index (χ0) is 14.5. The van der Waals surface area contributed by atoms with Gasteiger partial charge in [0.05, 0.1) is 7.11 Å². The van der Waals surface area contributed by atoms with Crippen LogP contribution in [0.1, 0.15) is 11.6 Å². The first-order chi connectivity index (χ1) is 9.61. The molecule has 0 saturated heterocycles. The van der Waals surface area contributed by atoms with Crippen molar-refractivity contribution in [3.05, 3.63) is 64.9 Å². The number of hydrogen-bond donors (Lipinski definition) is 1. The van der Waals surface area contributed by atoms with Crippen LogP contribution in [0.2, 0.25) is 5.02 Å². The van der Waals surface area contributed by atoms with E-state index < -0.39 is 17.8 Å². The van der Waals surface area contributed by atoms with E-state index in [0.29, 0.717) is 16.3 Å². The highest BCUT2D eigenvalue weighted by Crippen LogP contribution is 2.27. The minimum atomic E-state index is -0.796. The third-order valence-corrected chi connectivity index (χ3v) is 3.13. The summed E-state index contributed by atoms with van der Waals surface area (Å²) in [6.07, 6.45) is 0. The maximum atomic E-state index is 13.2. The Labute approximate surface area is 121 Å². The second-order valence-electron chi connectivity index (χ2n) is 4.13. The Bertz CT molecular complexity index is 618.